The summed E-state index contributed by atoms with van der Waals surface area (Å²) >= 11 is 0. The first kappa shape index (κ1) is 20.2. The van der Waals surface area contributed by atoms with Gasteiger partial charge in [-0.2, -0.15) is 0 Å². The lowest BCUT2D eigenvalue weighted by Crippen LogP contribution is -2.34. The standard InChI is InChI=1S/C21H22N2O6/c1-13-4-3-5-16(8-13)21(26)22-10-20(25)27-11-19(24)23-14(2)15-6-7-17-18(9-15)29-12-28-17/h3-9,14H,10-12H2,1-2H3,(H,22,26)(H,23,24)/t14-/m1/s1. The molecule has 1 aliphatic heterocycles. The molecule has 0 saturated carbocycles. The van der Waals surface area contributed by atoms with Crippen LogP contribution >= 0.6 is 0 Å². The van der Waals surface area contributed by atoms with Gasteiger partial charge >= 0.3 is 5.97 Å². The number of amides is 2. The molecule has 8 heteroatoms. The first-order valence-corrected chi connectivity index (χ1v) is 9.12. The number of aryl methyl sites for hydroxylation is 1. The number of carbonyl (C=O) groups excluding carboxylic acids is 3. The molecule has 0 aliphatic carbocycles. The number of rotatable bonds is 7. The van der Waals surface area contributed by atoms with Crippen LogP contribution in [-0.4, -0.2) is 37.7 Å². The fourth-order valence-corrected chi connectivity index (χ4v) is 2.79. The lowest BCUT2D eigenvalue weighted by Gasteiger charge is -2.15. The molecule has 0 radical (unpaired) electrons. The molecule has 8 nitrogen and oxygen atoms in total. The number of benzene rings is 2. The van der Waals surface area contributed by atoms with Crippen molar-refractivity contribution in [1.82, 2.24) is 10.6 Å². The van der Waals surface area contributed by atoms with E-state index in [0.29, 0.717) is 17.1 Å². The van der Waals surface area contributed by atoms with Crippen LogP contribution in [0.5, 0.6) is 11.5 Å². The average molecular weight is 398 g/mol. The van der Waals surface area contributed by atoms with Crippen LogP contribution in [0.4, 0.5) is 0 Å². The molecular weight excluding hydrogens is 376 g/mol. The summed E-state index contributed by atoms with van der Waals surface area (Å²) in [6, 6.07) is 12.1. The van der Waals surface area contributed by atoms with Crippen LogP contribution in [0, 0.1) is 6.92 Å². The molecule has 0 fully saturated rings. The number of carbonyl (C=O) groups is 3. The molecule has 2 aromatic rings. The lowest BCUT2D eigenvalue weighted by molar-refractivity contribution is -0.147. The van der Waals surface area contributed by atoms with Crippen LogP contribution in [0.25, 0.3) is 0 Å². The third kappa shape index (κ3) is 5.47. The number of nitrogens with one attached hydrogen (secondary N) is 2. The minimum atomic E-state index is -0.697. The summed E-state index contributed by atoms with van der Waals surface area (Å²) in [5.41, 5.74) is 2.22. The van der Waals surface area contributed by atoms with Gasteiger partial charge < -0.3 is 24.8 Å². The van der Waals surface area contributed by atoms with Gasteiger partial charge in [-0.05, 0) is 43.7 Å². The van der Waals surface area contributed by atoms with Crippen LogP contribution in [0.1, 0.15) is 34.5 Å². The lowest BCUT2D eigenvalue weighted by atomic mass is 10.1. The SMILES string of the molecule is Cc1cccc(C(=O)NCC(=O)OCC(=O)N[C@H](C)c2ccc3c(c2)OCO3)c1. The molecule has 3 rings (SSSR count). The Labute approximate surface area is 168 Å². The smallest absolute Gasteiger partial charge is 0.325 e. The maximum Gasteiger partial charge on any atom is 0.325 e. The second-order valence-corrected chi connectivity index (χ2v) is 6.61. The van der Waals surface area contributed by atoms with Crippen molar-refractivity contribution >= 4 is 17.8 Å². The molecule has 0 spiro atoms. The van der Waals surface area contributed by atoms with E-state index in [2.05, 4.69) is 10.6 Å². The van der Waals surface area contributed by atoms with E-state index in [1.165, 1.54) is 0 Å². The van der Waals surface area contributed by atoms with E-state index >= 15 is 0 Å². The molecule has 0 saturated heterocycles. The van der Waals surface area contributed by atoms with E-state index in [1.54, 1.807) is 37.3 Å². The second kappa shape index (κ2) is 9.09. The summed E-state index contributed by atoms with van der Waals surface area (Å²) in [6.45, 7) is 3.09. The molecule has 152 valence electrons. The average Bonchev–Trinajstić information content (AvgIpc) is 3.18. The van der Waals surface area contributed by atoms with Crippen molar-refractivity contribution in [3.63, 3.8) is 0 Å². The van der Waals surface area contributed by atoms with Gasteiger partial charge in [-0.15, -0.1) is 0 Å². The molecule has 29 heavy (non-hydrogen) atoms. The highest BCUT2D eigenvalue weighted by Gasteiger charge is 2.17. The molecule has 0 bridgehead atoms. The Morgan fingerprint density at radius 3 is 2.69 bits per heavy atom. The van der Waals surface area contributed by atoms with Gasteiger partial charge in [0.2, 0.25) is 6.79 Å². The van der Waals surface area contributed by atoms with Crippen LogP contribution in [0.15, 0.2) is 42.5 Å². The predicted molar refractivity (Wildman–Crippen MR) is 104 cm³/mol. The van der Waals surface area contributed by atoms with Gasteiger partial charge in [0.25, 0.3) is 11.8 Å². The Morgan fingerprint density at radius 1 is 1.10 bits per heavy atom. The monoisotopic (exact) mass is 398 g/mol. The minimum Gasteiger partial charge on any atom is -0.454 e. The summed E-state index contributed by atoms with van der Waals surface area (Å²) < 4.78 is 15.5. The van der Waals surface area contributed by atoms with Crippen LogP contribution < -0.4 is 20.1 Å². The molecule has 0 aromatic heterocycles. The van der Waals surface area contributed by atoms with Gasteiger partial charge in [0, 0.05) is 5.56 Å². The third-order valence-corrected chi connectivity index (χ3v) is 4.31. The van der Waals surface area contributed by atoms with Gasteiger partial charge in [-0.1, -0.05) is 23.8 Å². The van der Waals surface area contributed by atoms with Gasteiger partial charge in [0.05, 0.1) is 6.04 Å². The molecule has 0 unspecified atom stereocenters. The normalized spacial score (nSPS) is 12.8. The summed E-state index contributed by atoms with van der Waals surface area (Å²) in [6.07, 6.45) is 0. The third-order valence-electron chi connectivity index (χ3n) is 4.31. The predicted octanol–water partition coefficient (Wildman–Crippen LogP) is 1.87. The highest BCUT2D eigenvalue weighted by molar-refractivity contribution is 5.96. The largest absolute Gasteiger partial charge is 0.454 e. The summed E-state index contributed by atoms with van der Waals surface area (Å²) in [5, 5.41) is 5.21. The second-order valence-electron chi connectivity index (χ2n) is 6.61. The Hall–Kier alpha value is -3.55. The Kier molecular flexibility index (Phi) is 6.33. The van der Waals surface area contributed by atoms with E-state index in [1.807, 2.05) is 19.1 Å². The summed E-state index contributed by atoms with van der Waals surface area (Å²) in [7, 11) is 0. The molecular formula is C21H22N2O6. The van der Waals surface area contributed by atoms with Crippen LogP contribution in [0.3, 0.4) is 0 Å². The molecule has 2 aromatic carbocycles. The topological polar surface area (TPSA) is 103 Å². The Bertz CT molecular complexity index is 927. The van der Waals surface area contributed by atoms with E-state index in [4.69, 9.17) is 14.2 Å². The zero-order valence-electron chi connectivity index (χ0n) is 16.2. The van der Waals surface area contributed by atoms with Crippen LogP contribution in [0.2, 0.25) is 0 Å². The maximum absolute atomic E-state index is 12.0. The fourth-order valence-electron chi connectivity index (χ4n) is 2.79. The van der Waals surface area contributed by atoms with Crippen molar-refractivity contribution < 1.29 is 28.6 Å². The Morgan fingerprint density at radius 2 is 1.90 bits per heavy atom. The van der Waals surface area contributed by atoms with E-state index in [0.717, 1.165) is 11.1 Å². The van der Waals surface area contributed by atoms with E-state index < -0.39 is 18.5 Å². The molecule has 1 aliphatic rings. The van der Waals surface area contributed by atoms with Crippen molar-refractivity contribution in [1.29, 1.82) is 0 Å². The maximum atomic E-state index is 12.0. The number of esters is 1. The highest BCUT2D eigenvalue weighted by Crippen LogP contribution is 2.34. The van der Waals surface area contributed by atoms with E-state index in [9.17, 15) is 14.4 Å². The first-order chi connectivity index (χ1) is 13.9. The number of hydrogen-bond acceptors (Lipinski definition) is 6. The van der Waals surface area contributed by atoms with Crippen molar-refractivity contribution in [2.45, 2.75) is 19.9 Å². The van der Waals surface area contributed by atoms with Crippen molar-refractivity contribution in [2.75, 3.05) is 19.9 Å². The van der Waals surface area contributed by atoms with Gasteiger partial charge in [-0.25, -0.2) is 0 Å². The quantitative estimate of drug-likeness (QED) is 0.691. The van der Waals surface area contributed by atoms with E-state index in [-0.39, 0.29) is 25.3 Å². The van der Waals surface area contributed by atoms with Gasteiger partial charge in [0.1, 0.15) is 6.54 Å². The highest BCUT2D eigenvalue weighted by atomic mass is 16.7. The number of fused-ring (bicyclic) bond motifs is 1. The fraction of sp³-hybridized carbons (Fsp3) is 0.286. The molecule has 1 atom stereocenters. The van der Waals surface area contributed by atoms with Crippen LogP contribution in [-0.2, 0) is 14.3 Å². The molecule has 2 amide bonds. The number of hydrogen-bond donors (Lipinski definition) is 2. The zero-order chi connectivity index (χ0) is 20.8. The van der Waals surface area contributed by atoms with Gasteiger partial charge in [-0.3, -0.25) is 14.4 Å². The van der Waals surface area contributed by atoms with Gasteiger partial charge in [0.15, 0.2) is 18.1 Å². The summed E-state index contributed by atoms with van der Waals surface area (Å²) in [5.74, 6) is -0.245. The zero-order valence-corrected chi connectivity index (χ0v) is 16.2. The van der Waals surface area contributed by atoms with Crippen molar-refractivity contribution in [3.05, 3.63) is 59.2 Å². The summed E-state index contributed by atoms with van der Waals surface area (Å²) in [4.78, 5) is 35.8. The molecule has 2 N–H and O–H groups in total. The number of ether oxygens (including phenoxy) is 3. The Balaban J connectivity index is 1.40. The molecule has 1 heterocycles. The minimum absolute atomic E-state index is 0.176. The van der Waals surface area contributed by atoms with Crippen molar-refractivity contribution in [3.8, 4) is 11.5 Å². The van der Waals surface area contributed by atoms with Crippen molar-refractivity contribution in [2.24, 2.45) is 0 Å². The first-order valence-electron chi connectivity index (χ1n) is 9.12.